The van der Waals surface area contributed by atoms with E-state index in [0.717, 1.165) is 51.6 Å². The number of fused-ring (bicyclic) bond motifs is 2. The van der Waals surface area contributed by atoms with Gasteiger partial charge in [-0.1, -0.05) is 0 Å². The van der Waals surface area contributed by atoms with Gasteiger partial charge in [0.05, 0.1) is 6.10 Å². The zero-order valence-electron chi connectivity index (χ0n) is 11.7. The Bertz CT molecular complexity index is 329. The Balaban J connectivity index is 1.49. The molecule has 108 valence electrons. The van der Waals surface area contributed by atoms with Crippen molar-refractivity contribution in [1.82, 2.24) is 4.90 Å². The van der Waals surface area contributed by atoms with Crippen molar-refractivity contribution in [3.05, 3.63) is 0 Å². The van der Waals surface area contributed by atoms with Crippen LogP contribution in [0.5, 0.6) is 0 Å². The maximum absolute atomic E-state index is 12.5. The lowest BCUT2D eigenvalue weighted by atomic mass is 9.79. The van der Waals surface area contributed by atoms with Gasteiger partial charge in [0.15, 0.2) is 0 Å². The van der Waals surface area contributed by atoms with Gasteiger partial charge in [0.1, 0.15) is 0 Å². The van der Waals surface area contributed by atoms with E-state index < -0.39 is 0 Å². The minimum atomic E-state index is 0.285. The average Bonchev–Trinajstić information content (AvgIpc) is 2.59. The number of amides is 1. The van der Waals surface area contributed by atoms with Gasteiger partial charge in [-0.25, -0.2) is 0 Å². The highest BCUT2D eigenvalue weighted by Crippen LogP contribution is 2.40. The molecule has 3 rings (SSSR count). The molecule has 0 spiro atoms. The topological polar surface area (TPSA) is 29.5 Å². The molecule has 1 aliphatic carbocycles. The van der Waals surface area contributed by atoms with Gasteiger partial charge in [-0.3, -0.25) is 4.79 Å². The Morgan fingerprint density at radius 3 is 2.42 bits per heavy atom. The lowest BCUT2D eigenvalue weighted by molar-refractivity contribution is -0.138. The van der Waals surface area contributed by atoms with Crippen molar-refractivity contribution < 1.29 is 9.53 Å². The summed E-state index contributed by atoms with van der Waals surface area (Å²) in [6.45, 7) is 2.82. The Kier molecular flexibility index (Phi) is 4.04. The summed E-state index contributed by atoms with van der Waals surface area (Å²) >= 11 is 6.26. The highest BCUT2D eigenvalue weighted by atomic mass is 35.5. The van der Waals surface area contributed by atoms with E-state index in [2.05, 4.69) is 4.90 Å². The van der Waals surface area contributed by atoms with Crippen LogP contribution in [0, 0.1) is 5.92 Å². The smallest absolute Gasteiger partial charge is 0.223 e. The normalized spacial score (nSPS) is 41.2. The van der Waals surface area contributed by atoms with Crippen molar-refractivity contribution in [1.29, 1.82) is 0 Å². The molecule has 2 atom stereocenters. The van der Waals surface area contributed by atoms with Gasteiger partial charge in [0, 0.05) is 30.5 Å². The van der Waals surface area contributed by atoms with Gasteiger partial charge in [0.2, 0.25) is 5.91 Å². The van der Waals surface area contributed by atoms with Crippen molar-refractivity contribution in [3.8, 4) is 0 Å². The maximum Gasteiger partial charge on any atom is 0.223 e. The first-order chi connectivity index (χ1) is 9.17. The summed E-state index contributed by atoms with van der Waals surface area (Å²) in [6, 6.07) is 0.855. The van der Waals surface area contributed by atoms with E-state index >= 15 is 0 Å². The second-order valence-corrected chi connectivity index (χ2v) is 6.99. The van der Waals surface area contributed by atoms with E-state index in [-0.39, 0.29) is 5.38 Å². The van der Waals surface area contributed by atoms with E-state index in [9.17, 15) is 4.79 Å². The number of rotatable bonds is 4. The molecule has 1 saturated carbocycles. The number of halogens is 1. The molecule has 0 N–H and O–H groups in total. The van der Waals surface area contributed by atoms with Crippen molar-refractivity contribution in [2.45, 2.75) is 75.4 Å². The number of piperidine rings is 1. The van der Waals surface area contributed by atoms with Gasteiger partial charge in [-0.05, 0) is 51.4 Å². The fourth-order valence-corrected chi connectivity index (χ4v) is 4.49. The first-order valence-corrected chi connectivity index (χ1v) is 8.17. The van der Waals surface area contributed by atoms with Gasteiger partial charge < -0.3 is 9.64 Å². The molecular weight excluding hydrogens is 262 g/mol. The van der Waals surface area contributed by atoms with Crippen molar-refractivity contribution in [2.75, 3.05) is 6.61 Å². The molecule has 19 heavy (non-hydrogen) atoms. The summed E-state index contributed by atoms with van der Waals surface area (Å²) in [5.74, 6) is 0.924. The summed E-state index contributed by atoms with van der Waals surface area (Å²) in [5.41, 5.74) is 0. The van der Waals surface area contributed by atoms with Gasteiger partial charge in [-0.15, -0.1) is 11.6 Å². The largest absolute Gasteiger partial charge is 0.378 e. The first-order valence-electron chi connectivity index (χ1n) is 7.74. The molecule has 3 nitrogen and oxygen atoms in total. The molecule has 2 heterocycles. The molecule has 2 bridgehead atoms. The summed E-state index contributed by atoms with van der Waals surface area (Å²) < 4.78 is 5.56. The number of ether oxygens (including phenoxy) is 1. The molecule has 3 fully saturated rings. The highest BCUT2D eigenvalue weighted by molar-refractivity contribution is 6.20. The molecule has 0 aromatic rings. The zero-order valence-corrected chi connectivity index (χ0v) is 12.4. The molecule has 1 amide bonds. The van der Waals surface area contributed by atoms with E-state index in [1.807, 2.05) is 6.92 Å². The van der Waals surface area contributed by atoms with E-state index in [4.69, 9.17) is 16.3 Å². The SMILES string of the molecule is CCOC1CC(CC(=O)N2C3CCC2CC(Cl)C3)C1. The number of hydrogen-bond acceptors (Lipinski definition) is 2. The van der Waals surface area contributed by atoms with Crippen LogP contribution in [0.2, 0.25) is 0 Å². The lowest BCUT2D eigenvalue weighted by Gasteiger charge is -2.40. The van der Waals surface area contributed by atoms with Crippen molar-refractivity contribution >= 4 is 17.5 Å². The third-order valence-corrected chi connectivity index (χ3v) is 5.38. The van der Waals surface area contributed by atoms with Crippen LogP contribution in [-0.2, 0) is 9.53 Å². The molecule has 2 saturated heterocycles. The van der Waals surface area contributed by atoms with Gasteiger partial charge >= 0.3 is 0 Å². The number of carbonyl (C=O) groups is 1. The monoisotopic (exact) mass is 285 g/mol. The van der Waals surface area contributed by atoms with Crippen LogP contribution in [-0.4, -0.2) is 41.0 Å². The zero-order chi connectivity index (χ0) is 13.4. The predicted octanol–water partition coefficient (Wildman–Crippen LogP) is 2.95. The quantitative estimate of drug-likeness (QED) is 0.743. The number of alkyl halides is 1. The fraction of sp³-hybridized carbons (Fsp3) is 0.933. The van der Waals surface area contributed by atoms with Crippen LogP contribution >= 0.6 is 11.6 Å². The van der Waals surface area contributed by atoms with E-state index in [0.29, 0.717) is 30.0 Å². The predicted molar refractivity (Wildman–Crippen MR) is 75.3 cm³/mol. The summed E-state index contributed by atoms with van der Waals surface area (Å²) in [5, 5.41) is 0.285. The lowest BCUT2D eigenvalue weighted by Crippen LogP contribution is -2.48. The molecule has 0 aromatic heterocycles. The molecule has 2 unspecified atom stereocenters. The fourth-order valence-electron chi connectivity index (χ4n) is 4.08. The second-order valence-electron chi connectivity index (χ2n) is 6.37. The van der Waals surface area contributed by atoms with Gasteiger partial charge in [0.25, 0.3) is 0 Å². The minimum absolute atomic E-state index is 0.285. The summed E-state index contributed by atoms with van der Waals surface area (Å²) in [4.78, 5) is 14.6. The Morgan fingerprint density at radius 2 is 1.84 bits per heavy atom. The van der Waals surface area contributed by atoms with Crippen molar-refractivity contribution in [3.63, 3.8) is 0 Å². The van der Waals surface area contributed by atoms with Crippen LogP contribution in [0.15, 0.2) is 0 Å². The first kappa shape index (κ1) is 13.7. The number of hydrogen-bond donors (Lipinski definition) is 0. The number of nitrogens with zero attached hydrogens (tertiary/aromatic N) is 1. The van der Waals surface area contributed by atoms with Crippen LogP contribution in [0.4, 0.5) is 0 Å². The summed E-state index contributed by atoms with van der Waals surface area (Å²) in [7, 11) is 0. The third kappa shape index (κ3) is 2.78. The minimum Gasteiger partial charge on any atom is -0.378 e. The van der Waals surface area contributed by atoms with Crippen molar-refractivity contribution in [2.24, 2.45) is 5.92 Å². The van der Waals surface area contributed by atoms with E-state index in [1.165, 1.54) is 0 Å². The molecule has 0 aromatic carbocycles. The Hall–Kier alpha value is -0.280. The van der Waals surface area contributed by atoms with Gasteiger partial charge in [-0.2, -0.15) is 0 Å². The Morgan fingerprint density at radius 1 is 1.21 bits per heavy atom. The standard InChI is InChI=1S/C15H24ClNO2/c1-2-19-14-5-10(6-14)7-15(18)17-12-3-4-13(17)9-11(16)8-12/h10-14H,2-9H2,1H3. The maximum atomic E-state index is 12.5. The second kappa shape index (κ2) is 5.61. The van der Waals surface area contributed by atoms with E-state index in [1.54, 1.807) is 0 Å². The van der Waals surface area contributed by atoms with Crippen LogP contribution in [0.1, 0.15) is 51.9 Å². The third-order valence-electron chi connectivity index (χ3n) is 5.02. The molecular formula is C15H24ClNO2. The summed E-state index contributed by atoms with van der Waals surface area (Å²) in [6.07, 6.45) is 7.59. The average molecular weight is 286 g/mol. The molecule has 0 radical (unpaired) electrons. The van der Waals surface area contributed by atoms with Crippen LogP contribution < -0.4 is 0 Å². The van der Waals surface area contributed by atoms with Crippen LogP contribution in [0.3, 0.4) is 0 Å². The molecule has 3 aliphatic rings. The molecule has 2 aliphatic heterocycles. The number of carbonyl (C=O) groups excluding carboxylic acids is 1. The van der Waals surface area contributed by atoms with Crippen LogP contribution in [0.25, 0.3) is 0 Å². The molecule has 4 heteroatoms. The highest BCUT2D eigenvalue weighted by Gasteiger charge is 2.43. The Labute approximate surface area is 120 Å².